The van der Waals surface area contributed by atoms with Crippen LogP contribution in [0.3, 0.4) is 0 Å². The molecule has 0 saturated carbocycles. The summed E-state index contributed by atoms with van der Waals surface area (Å²) in [7, 11) is 0. The van der Waals surface area contributed by atoms with Crippen molar-refractivity contribution in [3.05, 3.63) is 12.2 Å². The molecule has 5 heteroatoms. The normalized spacial score (nSPS) is 8.10. The molecule has 0 spiro atoms. The topological polar surface area (TPSA) is 90.7 Å². The van der Waals surface area contributed by atoms with Crippen LogP contribution in [0.5, 0.6) is 0 Å². The predicted molar refractivity (Wildman–Crippen MR) is 36.7 cm³/mol. The van der Waals surface area contributed by atoms with Crippen molar-refractivity contribution in [1.82, 2.24) is 0 Å². The molecule has 0 bridgehead atoms. The Morgan fingerprint density at radius 3 is 2.40 bits per heavy atom. The SMILES string of the molecule is C=C(C)C(=O)ON=C(N)N. The lowest BCUT2D eigenvalue weighted by molar-refractivity contribution is -0.138. The van der Waals surface area contributed by atoms with E-state index in [0.717, 1.165) is 0 Å². The molecule has 0 aliphatic carbocycles. The average Bonchev–Trinajstić information content (AvgIpc) is 1.82. The number of nitrogens with two attached hydrogens (primary N) is 2. The lowest BCUT2D eigenvalue weighted by atomic mass is 10.4. The number of hydrogen-bond acceptors (Lipinski definition) is 3. The summed E-state index contributed by atoms with van der Waals surface area (Å²) in [6, 6.07) is 0. The summed E-state index contributed by atoms with van der Waals surface area (Å²) < 4.78 is 0. The molecule has 10 heavy (non-hydrogen) atoms. The molecule has 0 aromatic rings. The number of carbonyl (C=O) groups is 1. The summed E-state index contributed by atoms with van der Waals surface area (Å²) in [4.78, 5) is 14.7. The van der Waals surface area contributed by atoms with E-state index >= 15 is 0 Å². The second-order valence-corrected chi connectivity index (χ2v) is 1.68. The maximum atomic E-state index is 10.5. The molecule has 0 radical (unpaired) electrons. The minimum absolute atomic E-state index is 0.241. The highest BCUT2D eigenvalue weighted by Crippen LogP contribution is 1.90. The molecular formula is C5H9N3O2. The fourth-order valence-electron chi connectivity index (χ4n) is 0.172. The molecular weight excluding hydrogens is 134 g/mol. The lowest BCUT2D eigenvalue weighted by Crippen LogP contribution is -2.23. The third kappa shape index (κ3) is 3.48. The van der Waals surface area contributed by atoms with Crippen LogP contribution in [0.2, 0.25) is 0 Å². The molecule has 0 aromatic carbocycles. The average molecular weight is 143 g/mol. The Labute approximate surface area is 58.3 Å². The molecule has 0 amide bonds. The molecule has 0 aliphatic heterocycles. The van der Waals surface area contributed by atoms with E-state index < -0.39 is 5.97 Å². The Hall–Kier alpha value is -1.52. The second-order valence-electron chi connectivity index (χ2n) is 1.68. The molecule has 0 unspecified atom stereocenters. The van der Waals surface area contributed by atoms with Gasteiger partial charge in [0.2, 0.25) is 5.96 Å². The predicted octanol–water partition coefficient (Wildman–Crippen LogP) is -0.706. The Morgan fingerprint density at radius 1 is 1.60 bits per heavy atom. The van der Waals surface area contributed by atoms with E-state index in [1.165, 1.54) is 6.92 Å². The first-order valence-electron chi connectivity index (χ1n) is 2.50. The first-order chi connectivity index (χ1) is 4.54. The van der Waals surface area contributed by atoms with Gasteiger partial charge < -0.3 is 16.3 Å². The zero-order valence-corrected chi connectivity index (χ0v) is 5.63. The summed E-state index contributed by atoms with van der Waals surface area (Å²) >= 11 is 0. The smallest absolute Gasteiger partial charge is 0.361 e. The van der Waals surface area contributed by atoms with Gasteiger partial charge in [-0.05, 0) is 12.1 Å². The molecule has 0 aliphatic rings. The number of carbonyl (C=O) groups excluding carboxylic acids is 1. The molecule has 0 heterocycles. The van der Waals surface area contributed by atoms with E-state index in [0.29, 0.717) is 0 Å². The monoisotopic (exact) mass is 143 g/mol. The number of oxime groups is 1. The van der Waals surface area contributed by atoms with E-state index in [9.17, 15) is 4.79 Å². The Kier molecular flexibility index (Phi) is 2.96. The van der Waals surface area contributed by atoms with Crippen molar-refractivity contribution in [2.75, 3.05) is 0 Å². The summed E-state index contributed by atoms with van der Waals surface area (Å²) in [5.74, 6) is -0.942. The van der Waals surface area contributed by atoms with Gasteiger partial charge in [-0.3, -0.25) is 0 Å². The Balaban J connectivity index is 3.83. The lowest BCUT2D eigenvalue weighted by Gasteiger charge is -1.93. The third-order valence-electron chi connectivity index (χ3n) is 0.582. The van der Waals surface area contributed by atoms with Crippen LogP contribution in [0.15, 0.2) is 17.3 Å². The van der Waals surface area contributed by atoms with Gasteiger partial charge >= 0.3 is 5.97 Å². The van der Waals surface area contributed by atoms with E-state index in [1.807, 2.05) is 0 Å². The minimum atomic E-state index is -0.645. The zero-order chi connectivity index (χ0) is 8.15. The molecule has 5 nitrogen and oxygen atoms in total. The maximum Gasteiger partial charge on any atom is 0.361 e. The second kappa shape index (κ2) is 3.49. The Bertz CT molecular complexity index is 181. The number of hydrogen-bond donors (Lipinski definition) is 2. The van der Waals surface area contributed by atoms with Crippen LogP contribution in [-0.4, -0.2) is 11.9 Å². The molecule has 0 aromatic heterocycles. The van der Waals surface area contributed by atoms with Gasteiger partial charge in [0.05, 0.1) is 0 Å². The van der Waals surface area contributed by atoms with Crippen LogP contribution in [0.1, 0.15) is 6.92 Å². The van der Waals surface area contributed by atoms with Gasteiger partial charge in [0.1, 0.15) is 0 Å². The van der Waals surface area contributed by atoms with Gasteiger partial charge in [-0.15, -0.1) is 0 Å². The van der Waals surface area contributed by atoms with Crippen molar-refractivity contribution >= 4 is 11.9 Å². The third-order valence-corrected chi connectivity index (χ3v) is 0.582. The van der Waals surface area contributed by atoms with Crippen molar-refractivity contribution in [2.24, 2.45) is 16.6 Å². The zero-order valence-electron chi connectivity index (χ0n) is 5.63. The highest BCUT2D eigenvalue weighted by molar-refractivity contribution is 5.87. The van der Waals surface area contributed by atoms with Gasteiger partial charge in [0.25, 0.3) is 0 Å². The number of guanidine groups is 1. The van der Waals surface area contributed by atoms with Crippen LogP contribution >= 0.6 is 0 Å². The first kappa shape index (κ1) is 8.48. The van der Waals surface area contributed by atoms with Crippen LogP contribution in [0.25, 0.3) is 0 Å². The molecule has 0 atom stereocenters. The summed E-state index contributed by atoms with van der Waals surface area (Å²) in [6.45, 7) is 4.80. The van der Waals surface area contributed by atoms with Gasteiger partial charge in [-0.25, -0.2) is 4.79 Å². The summed E-state index contributed by atoms with van der Waals surface area (Å²) in [5, 5.41) is 3.01. The van der Waals surface area contributed by atoms with Gasteiger partial charge in [0, 0.05) is 5.57 Å². The van der Waals surface area contributed by atoms with Gasteiger partial charge in [0.15, 0.2) is 0 Å². The van der Waals surface area contributed by atoms with Gasteiger partial charge in [-0.2, -0.15) is 0 Å². The highest BCUT2D eigenvalue weighted by atomic mass is 16.7. The van der Waals surface area contributed by atoms with Gasteiger partial charge in [-0.1, -0.05) is 6.58 Å². The number of nitrogens with zero attached hydrogens (tertiary/aromatic N) is 1. The van der Waals surface area contributed by atoms with E-state index in [4.69, 9.17) is 11.5 Å². The van der Waals surface area contributed by atoms with Crippen LogP contribution < -0.4 is 11.5 Å². The molecule has 4 N–H and O–H groups in total. The van der Waals surface area contributed by atoms with E-state index in [1.54, 1.807) is 0 Å². The maximum absolute atomic E-state index is 10.5. The summed E-state index contributed by atoms with van der Waals surface area (Å²) in [5.41, 5.74) is 9.96. The summed E-state index contributed by atoms with van der Waals surface area (Å²) in [6.07, 6.45) is 0. The highest BCUT2D eigenvalue weighted by Gasteiger charge is 2.00. The fraction of sp³-hybridized carbons (Fsp3) is 0.200. The number of rotatable bonds is 2. The van der Waals surface area contributed by atoms with Crippen molar-refractivity contribution in [2.45, 2.75) is 6.92 Å². The first-order valence-corrected chi connectivity index (χ1v) is 2.50. The van der Waals surface area contributed by atoms with Crippen LogP contribution in [0, 0.1) is 0 Å². The van der Waals surface area contributed by atoms with Crippen LogP contribution in [-0.2, 0) is 9.63 Å². The standard InChI is InChI=1S/C5H9N3O2/c1-3(2)4(9)10-8-5(6)7/h1H2,2H3,(H4,6,7,8). The Morgan fingerprint density at radius 2 is 2.10 bits per heavy atom. The quantitative estimate of drug-likeness (QED) is 0.176. The van der Waals surface area contributed by atoms with Crippen LogP contribution in [0.4, 0.5) is 0 Å². The van der Waals surface area contributed by atoms with Crippen molar-refractivity contribution in [3.8, 4) is 0 Å². The van der Waals surface area contributed by atoms with E-state index in [-0.39, 0.29) is 11.5 Å². The molecule has 0 saturated heterocycles. The molecule has 0 rings (SSSR count). The largest absolute Gasteiger partial charge is 0.367 e. The van der Waals surface area contributed by atoms with E-state index in [2.05, 4.69) is 16.6 Å². The van der Waals surface area contributed by atoms with Crippen molar-refractivity contribution in [1.29, 1.82) is 0 Å². The van der Waals surface area contributed by atoms with Crippen molar-refractivity contribution < 1.29 is 9.63 Å². The minimum Gasteiger partial charge on any atom is -0.367 e. The molecule has 56 valence electrons. The molecule has 0 fully saturated rings. The fourth-order valence-corrected chi connectivity index (χ4v) is 0.172. The van der Waals surface area contributed by atoms with Crippen molar-refractivity contribution in [3.63, 3.8) is 0 Å².